The molecule has 0 aliphatic carbocycles. The maximum atomic E-state index is 12.3. The van der Waals surface area contributed by atoms with Gasteiger partial charge in [0.1, 0.15) is 11.3 Å². The van der Waals surface area contributed by atoms with Gasteiger partial charge in [0, 0.05) is 17.1 Å². The number of carbonyl (C=O) groups excluding carboxylic acids is 2. The molecule has 0 unspecified atom stereocenters. The summed E-state index contributed by atoms with van der Waals surface area (Å²) in [4.78, 5) is 27.6. The Morgan fingerprint density at radius 3 is 2.76 bits per heavy atom. The molecule has 6 heteroatoms. The molecule has 0 atom stereocenters. The van der Waals surface area contributed by atoms with Crippen molar-refractivity contribution in [3.63, 3.8) is 0 Å². The molecule has 0 saturated carbocycles. The number of fused-ring (bicyclic) bond motifs is 1. The Bertz CT molecular complexity index is 897. The van der Waals surface area contributed by atoms with Gasteiger partial charge in [-0.25, -0.2) is 0 Å². The van der Waals surface area contributed by atoms with E-state index in [1.165, 1.54) is 12.3 Å². The zero-order valence-corrected chi connectivity index (χ0v) is 13.5. The maximum Gasteiger partial charge on any atom is 0.251 e. The van der Waals surface area contributed by atoms with Gasteiger partial charge in [-0.3, -0.25) is 14.6 Å². The van der Waals surface area contributed by atoms with E-state index in [9.17, 15) is 9.59 Å². The summed E-state index contributed by atoms with van der Waals surface area (Å²) in [5.41, 5.74) is 1.84. The summed E-state index contributed by atoms with van der Waals surface area (Å²) < 4.78 is 5.67. The van der Waals surface area contributed by atoms with Crippen LogP contribution in [0.1, 0.15) is 21.8 Å². The van der Waals surface area contributed by atoms with Crippen molar-refractivity contribution < 1.29 is 14.0 Å². The first kappa shape index (κ1) is 16.4. The molecular weight excluding hydrogens is 318 g/mol. The SMILES string of the molecule is C=CC(=O)NCc1cc(C(=O)NCc2cc3ccccc3o2)ccn1. The summed E-state index contributed by atoms with van der Waals surface area (Å²) >= 11 is 0. The third kappa shape index (κ3) is 4.11. The lowest BCUT2D eigenvalue weighted by Gasteiger charge is -2.06. The monoisotopic (exact) mass is 335 g/mol. The predicted octanol–water partition coefficient (Wildman–Crippen LogP) is 2.56. The Morgan fingerprint density at radius 2 is 1.96 bits per heavy atom. The Kier molecular flexibility index (Phi) is 4.89. The number of rotatable bonds is 6. The molecule has 126 valence electrons. The van der Waals surface area contributed by atoms with Gasteiger partial charge in [-0.15, -0.1) is 0 Å². The van der Waals surface area contributed by atoms with Gasteiger partial charge in [-0.2, -0.15) is 0 Å². The van der Waals surface area contributed by atoms with Crippen LogP contribution in [0.15, 0.2) is 65.7 Å². The number of hydrogen-bond donors (Lipinski definition) is 2. The van der Waals surface area contributed by atoms with E-state index >= 15 is 0 Å². The van der Waals surface area contributed by atoms with E-state index < -0.39 is 0 Å². The molecule has 0 aliphatic heterocycles. The molecule has 3 rings (SSSR count). The van der Waals surface area contributed by atoms with Crippen molar-refractivity contribution in [2.45, 2.75) is 13.1 Å². The van der Waals surface area contributed by atoms with Crippen LogP contribution in [0.3, 0.4) is 0 Å². The highest BCUT2D eigenvalue weighted by Crippen LogP contribution is 2.18. The molecule has 2 aromatic heterocycles. The predicted molar refractivity (Wildman–Crippen MR) is 93.7 cm³/mol. The van der Waals surface area contributed by atoms with E-state index in [4.69, 9.17) is 4.42 Å². The first-order valence-corrected chi connectivity index (χ1v) is 7.76. The van der Waals surface area contributed by atoms with Crippen molar-refractivity contribution in [2.24, 2.45) is 0 Å². The van der Waals surface area contributed by atoms with Crippen molar-refractivity contribution in [2.75, 3.05) is 0 Å². The molecular formula is C19H17N3O3. The third-order valence-corrected chi connectivity index (χ3v) is 3.61. The van der Waals surface area contributed by atoms with Crippen LogP contribution in [0.4, 0.5) is 0 Å². The van der Waals surface area contributed by atoms with Crippen LogP contribution in [-0.4, -0.2) is 16.8 Å². The van der Waals surface area contributed by atoms with Gasteiger partial charge in [0.25, 0.3) is 5.91 Å². The second kappa shape index (κ2) is 7.44. The molecule has 0 spiro atoms. The van der Waals surface area contributed by atoms with Gasteiger partial charge in [-0.1, -0.05) is 24.8 Å². The number of carbonyl (C=O) groups is 2. The standard InChI is InChI=1S/C19H17N3O3/c1-2-18(23)21-11-15-9-14(7-8-20-15)19(24)22-12-16-10-13-5-3-4-6-17(13)25-16/h2-10H,1,11-12H2,(H,21,23)(H,22,24). The fraction of sp³-hybridized carbons (Fsp3) is 0.105. The van der Waals surface area contributed by atoms with Crippen molar-refractivity contribution in [3.8, 4) is 0 Å². The number of furan rings is 1. The zero-order chi connectivity index (χ0) is 17.6. The Hall–Kier alpha value is -3.41. The molecule has 2 amide bonds. The van der Waals surface area contributed by atoms with Crippen molar-refractivity contribution >= 4 is 22.8 Å². The topological polar surface area (TPSA) is 84.2 Å². The second-order valence-corrected chi connectivity index (χ2v) is 5.39. The molecule has 0 aliphatic rings. The van der Waals surface area contributed by atoms with E-state index in [0.717, 1.165) is 11.0 Å². The minimum atomic E-state index is -0.290. The summed E-state index contributed by atoms with van der Waals surface area (Å²) in [5, 5.41) is 6.43. The van der Waals surface area contributed by atoms with Gasteiger partial charge in [-0.05, 0) is 30.3 Å². The van der Waals surface area contributed by atoms with Gasteiger partial charge in [0.05, 0.1) is 18.8 Å². The summed E-state index contributed by atoms with van der Waals surface area (Å²) in [6.45, 7) is 3.90. The average Bonchev–Trinajstić information content (AvgIpc) is 3.07. The number of amides is 2. The Morgan fingerprint density at radius 1 is 1.12 bits per heavy atom. The van der Waals surface area contributed by atoms with Crippen molar-refractivity contribution in [1.82, 2.24) is 15.6 Å². The Labute approximate surface area is 144 Å². The van der Waals surface area contributed by atoms with Crippen LogP contribution in [0.5, 0.6) is 0 Å². The molecule has 2 N–H and O–H groups in total. The number of benzene rings is 1. The van der Waals surface area contributed by atoms with Crippen molar-refractivity contribution in [3.05, 3.63) is 78.3 Å². The molecule has 0 bridgehead atoms. The fourth-order valence-corrected chi connectivity index (χ4v) is 2.36. The van der Waals surface area contributed by atoms with Crippen LogP contribution in [0, 0.1) is 0 Å². The fourth-order valence-electron chi connectivity index (χ4n) is 2.36. The minimum absolute atomic E-state index is 0.232. The average molecular weight is 335 g/mol. The lowest BCUT2D eigenvalue weighted by Crippen LogP contribution is -2.24. The number of nitrogens with one attached hydrogen (secondary N) is 2. The number of para-hydroxylation sites is 1. The van der Waals surface area contributed by atoms with Crippen LogP contribution in [-0.2, 0) is 17.9 Å². The molecule has 0 saturated heterocycles. The summed E-state index contributed by atoms with van der Waals surface area (Å²) in [6.07, 6.45) is 2.72. The van der Waals surface area contributed by atoms with E-state index in [0.29, 0.717) is 23.6 Å². The Balaban J connectivity index is 1.62. The minimum Gasteiger partial charge on any atom is -0.459 e. The quantitative estimate of drug-likeness (QED) is 0.678. The number of nitrogens with zero attached hydrogens (tertiary/aromatic N) is 1. The molecule has 0 fully saturated rings. The van der Waals surface area contributed by atoms with Crippen LogP contribution >= 0.6 is 0 Å². The van der Waals surface area contributed by atoms with Crippen LogP contribution < -0.4 is 10.6 Å². The molecule has 6 nitrogen and oxygen atoms in total. The first-order valence-electron chi connectivity index (χ1n) is 7.76. The van der Waals surface area contributed by atoms with E-state index in [-0.39, 0.29) is 18.4 Å². The number of hydrogen-bond acceptors (Lipinski definition) is 4. The van der Waals surface area contributed by atoms with Gasteiger partial charge >= 0.3 is 0 Å². The highest BCUT2D eigenvalue weighted by Gasteiger charge is 2.09. The molecule has 3 aromatic rings. The highest BCUT2D eigenvalue weighted by atomic mass is 16.3. The van der Waals surface area contributed by atoms with Crippen LogP contribution in [0.25, 0.3) is 11.0 Å². The second-order valence-electron chi connectivity index (χ2n) is 5.39. The third-order valence-electron chi connectivity index (χ3n) is 3.61. The first-order chi connectivity index (χ1) is 12.2. The van der Waals surface area contributed by atoms with E-state index in [2.05, 4.69) is 22.2 Å². The maximum absolute atomic E-state index is 12.3. The molecule has 1 aromatic carbocycles. The smallest absolute Gasteiger partial charge is 0.251 e. The van der Waals surface area contributed by atoms with Crippen LogP contribution in [0.2, 0.25) is 0 Å². The van der Waals surface area contributed by atoms with Gasteiger partial charge in [0.15, 0.2) is 0 Å². The largest absolute Gasteiger partial charge is 0.459 e. The van der Waals surface area contributed by atoms with Gasteiger partial charge < -0.3 is 15.1 Å². The molecule has 25 heavy (non-hydrogen) atoms. The molecule has 0 radical (unpaired) electrons. The highest BCUT2D eigenvalue weighted by molar-refractivity contribution is 5.94. The summed E-state index contributed by atoms with van der Waals surface area (Å²) in [6, 6.07) is 12.8. The van der Waals surface area contributed by atoms with E-state index in [1.807, 2.05) is 30.3 Å². The zero-order valence-electron chi connectivity index (χ0n) is 13.5. The number of pyridine rings is 1. The van der Waals surface area contributed by atoms with Gasteiger partial charge in [0.2, 0.25) is 5.91 Å². The summed E-state index contributed by atoms with van der Waals surface area (Å²) in [7, 11) is 0. The lowest BCUT2D eigenvalue weighted by atomic mass is 10.2. The molecule has 2 heterocycles. The van der Waals surface area contributed by atoms with Crippen molar-refractivity contribution in [1.29, 1.82) is 0 Å². The van der Waals surface area contributed by atoms with E-state index in [1.54, 1.807) is 12.1 Å². The number of aromatic nitrogens is 1. The summed E-state index contributed by atoms with van der Waals surface area (Å²) in [5.74, 6) is 0.155. The lowest BCUT2D eigenvalue weighted by molar-refractivity contribution is -0.116. The normalized spacial score (nSPS) is 10.4.